The molecule has 2 fully saturated rings. The monoisotopic (exact) mass is 240 g/mol. The minimum atomic E-state index is 0.235. The first-order valence-corrected chi connectivity index (χ1v) is 6.92. The number of carbonyl (C=O) groups is 1. The van der Waals surface area contributed by atoms with Crippen LogP contribution in [0.4, 0.5) is 0 Å². The van der Waals surface area contributed by atoms with Crippen molar-refractivity contribution in [2.45, 2.75) is 51.2 Å². The molecule has 1 atom stereocenters. The van der Waals surface area contributed by atoms with Crippen molar-refractivity contribution < 1.29 is 9.53 Å². The van der Waals surface area contributed by atoms with Crippen LogP contribution in [0.15, 0.2) is 0 Å². The van der Waals surface area contributed by atoms with Gasteiger partial charge in [0.2, 0.25) is 5.91 Å². The fourth-order valence-electron chi connectivity index (χ4n) is 2.67. The average Bonchev–Trinajstić information content (AvgIpc) is 2.89. The predicted octanol–water partition coefficient (Wildman–Crippen LogP) is 1.16. The van der Waals surface area contributed by atoms with Gasteiger partial charge < -0.3 is 15.0 Å². The molecule has 2 rings (SSSR count). The first-order valence-electron chi connectivity index (χ1n) is 6.92. The van der Waals surface area contributed by atoms with E-state index in [2.05, 4.69) is 12.2 Å². The Bertz CT molecular complexity index is 252. The lowest BCUT2D eigenvalue weighted by Gasteiger charge is -2.32. The summed E-state index contributed by atoms with van der Waals surface area (Å²) in [4.78, 5) is 14.0. The van der Waals surface area contributed by atoms with Gasteiger partial charge in [0, 0.05) is 19.1 Å². The summed E-state index contributed by atoms with van der Waals surface area (Å²) in [6, 6.07) is 0.571. The van der Waals surface area contributed by atoms with Crippen molar-refractivity contribution in [1.82, 2.24) is 10.2 Å². The van der Waals surface area contributed by atoms with Crippen LogP contribution in [0.5, 0.6) is 0 Å². The van der Waals surface area contributed by atoms with Crippen LogP contribution in [0.3, 0.4) is 0 Å². The van der Waals surface area contributed by atoms with Gasteiger partial charge in [0.1, 0.15) is 0 Å². The largest absolute Gasteiger partial charge is 0.375 e. The molecule has 1 amide bonds. The quantitative estimate of drug-likeness (QED) is 0.801. The third kappa shape index (κ3) is 3.68. The van der Waals surface area contributed by atoms with Gasteiger partial charge in [0.15, 0.2) is 0 Å². The summed E-state index contributed by atoms with van der Waals surface area (Å²) in [5, 5.41) is 3.38. The number of ether oxygens (including phenoxy) is 1. The molecule has 1 heterocycles. The van der Waals surface area contributed by atoms with Gasteiger partial charge in [-0.05, 0) is 19.3 Å². The third-order valence-corrected chi connectivity index (χ3v) is 3.84. The van der Waals surface area contributed by atoms with Gasteiger partial charge in [0.05, 0.1) is 19.3 Å². The van der Waals surface area contributed by atoms with Crippen molar-refractivity contribution >= 4 is 5.91 Å². The zero-order chi connectivity index (χ0) is 12.1. The summed E-state index contributed by atoms with van der Waals surface area (Å²) in [6.45, 7) is 4.81. The van der Waals surface area contributed by atoms with Crippen molar-refractivity contribution in [2.75, 3.05) is 26.2 Å². The summed E-state index contributed by atoms with van der Waals surface area (Å²) in [7, 11) is 0. The van der Waals surface area contributed by atoms with E-state index in [0.717, 1.165) is 19.5 Å². The highest BCUT2D eigenvalue weighted by molar-refractivity contribution is 5.78. The fraction of sp³-hybridized carbons (Fsp3) is 0.923. The highest BCUT2D eigenvalue weighted by atomic mass is 16.5. The molecule has 1 saturated heterocycles. The molecule has 0 bridgehead atoms. The van der Waals surface area contributed by atoms with Crippen molar-refractivity contribution in [3.8, 4) is 0 Å². The molecular formula is C13H24N2O2. The molecule has 1 unspecified atom stereocenters. The highest BCUT2D eigenvalue weighted by Gasteiger charge is 2.23. The van der Waals surface area contributed by atoms with Gasteiger partial charge in [-0.15, -0.1) is 0 Å². The SMILES string of the molecule is CCC1CN(C(=O)CNC2CCCC2)CCO1. The summed E-state index contributed by atoms with van der Waals surface area (Å²) in [5.41, 5.74) is 0. The molecule has 0 aromatic heterocycles. The van der Waals surface area contributed by atoms with E-state index in [4.69, 9.17) is 4.74 Å². The maximum absolute atomic E-state index is 12.0. The van der Waals surface area contributed by atoms with E-state index in [1.165, 1.54) is 25.7 Å². The minimum Gasteiger partial charge on any atom is -0.375 e. The van der Waals surface area contributed by atoms with E-state index in [9.17, 15) is 4.79 Å². The number of carbonyl (C=O) groups excluding carboxylic acids is 1. The Balaban J connectivity index is 1.71. The van der Waals surface area contributed by atoms with Crippen LogP contribution >= 0.6 is 0 Å². The topological polar surface area (TPSA) is 41.6 Å². The summed E-state index contributed by atoms with van der Waals surface area (Å²) in [6.07, 6.45) is 6.30. The van der Waals surface area contributed by atoms with Crippen LogP contribution < -0.4 is 5.32 Å². The zero-order valence-electron chi connectivity index (χ0n) is 10.8. The fourth-order valence-corrected chi connectivity index (χ4v) is 2.67. The number of nitrogens with one attached hydrogen (secondary N) is 1. The number of amides is 1. The van der Waals surface area contributed by atoms with Gasteiger partial charge in [-0.2, -0.15) is 0 Å². The number of nitrogens with zero attached hydrogens (tertiary/aromatic N) is 1. The predicted molar refractivity (Wildman–Crippen MR) is 66.9 cm³/mol. The first kappa shape index (κ1) is 12.8. The molecule has 1 aliphatic carbocycles. The van der Waals surface area contributed by atoms with Crippen molar-refractivity contribution in [3.63, 3.8) is 0 Å². The number of hydrogen-bond donors (Lipinski definition) is 1. The maximum Gasteiger partial charge on any atom is 0.236 e. The highest BCUT2D eigenvalue weighted by Crippen LogP contribution is 2.17. The minimum absolute atomic E-state index is 0.235. The van der Waals surface area contributed by atoms with Gasteiger partial charge in [-0.25, -0.2) is 0 Å². The summed E-state index contributed by atoms with van der Waals surface area (Å²) in [5.74, 6) is 0.235. The van der Waals surface area contributed by atoms with Gasteiger partial charge in [-0.3, -0.25) is 4.79 Å². The second-order valence-electron chi connectivity index (χ2n) is 5.10. The Morgan fingerprint density at radius 1 is 1.41 bits per heavy atom. The Morgan fingerprint density at radius 2 is 2.18 bits per heavy atom. The van der Waals surface area contributed by atoms with E-state index >= 15 is 0 Å². The summed E-state index contributed by atoms with van der Waals surface area (Å²) >= 11 is 0. The lowest BCUT2D eigenvalue weighted by molar-refractivity contribution is -0.138. The molecular weight excluding hydrogens is 216 g/mol. The normalized spacial score (nSPS) is 26.4. The number of rotatable bonds is 4. The van der Waals surface area contributed by atoms with Crippen LogP contribution in [-0.2, 0) is 9.53 Å². The summed E-state index contributed by atoms with van der Waals surface area (Å²) < 4.78 is 5.57. The first-order chi connectivity index (χ1) is 8.29. The van der Waals surface area contributed by atoms with Crippen molar-refractivity contribution in [2.24, 2.45) is 0 Å². The molecule has 2 aliphatic rings. The smallest absolute Gasteiger partial charge is 0.236 e. The Labute approximate surface area is 104 Å². The van der Waals surface area contributed by atoms with Gasteiger partial charge in [-0.1, -0.05) is 19.8 Å². The lowest BCUT2D eigenvalue weighted by Crippen LogP contribution is -2.49. The molecule has 0 aromatic carbocycles. The zero-order valence-corrected chi connectivity index (χ0v) is 10.8. The average molecular weight is 240 g/mol. The second kappa shape index (κ2) is 6.36. The molecule has 4 nitrogen and oxygen atoms in total. The molecule has 1 aliphatic heterocycles. The van der Waals surface area contributed by atoms with Crippen molar-refractivity contribution in [3.05, 3.63) is 0 Å². The molecule has 17 heavy (non-hydrogen) atoms. The molecule has 4 heteroatoms. The van der Waals surface area contributed by atoms with Crippen LogP contribution in [0.2, 0.25) is 0 Å². The van der Waals surface area contributed by atoms with E-state index in [-0.39, 0.29) is 12.0 Å². The second-order valence-corrected chi connectivity index (χ2v) is 5.10. The molecule has 0 spiro atoms. The van der Waals surface area contributed by atoms with E-state index in [0.29, 0.717) is 19.2 Å². The standard InChI is InChI=1S/C13H24N2O2/c1-2-12-10-15(7-8-17-12)13(16)9-14-11-5-3-4-6-11/h11-12,14H,2-10H2,1H3. The van der Waals surface area contributed by atoms with E-state index < -0.39 is 0 Å². The molecule has 0 radical (unpaired) electrons. The molecule has 98 valence electrons. The Kier molecular flexibility index (Phi) is 4.80. The number of morpholine rings is 1. The van der Waals surface area contributed by atoms with Crippen LogP contribution in [0, 0.1) is 0 Å². The van der Waals surface area contributed by atoms with Gasteiger partial charge in [0.25, 0.3) is 0 Å². The van der Waals surface area contributed by atoms with Gasteiger partial charge >= 0.3 is 0 Å². The van der Waals surface area contributed by atoms with Crippen LogP contribution in [0.1, 0.15) is 39.0 Å². The Morgan fingerprint density at radius 3 is 2.88 bits per heavy atom. The molecule has 1 saturated carbocycles. The molecule has 0 aromatic rings. The van der Waals surface area contributed by atoms with Crippen molar-refractivity contribution in [1.29, 1.82) is 0 Å². The van der Waals surface area contributed by atoms with E-state index in [1.807, 2.05) is 4.90 Å². The molecule has 1 N–H and O–H groups in total. The third-order valence-electron chi connectivity index (χ3n) is 3.84. The lowest BCUT2D eigenvalue weighted by atomic mass is 10.2. The maximum atomic E-state index is 12.0. The van der Waals surface area contributed by atoms with Crippen LogP contribution in [-0.4, -0.2) is 49.2 Å². The number of hydrogen-bond acceptors (Lipinski definition) is 3. The van der Waals surface area contributed by atoms with Crippen LogP contribution in [0.25, 0.3) is 0 Å². The van der Waals surface area contributed by atoms with E-state index in [1.54, 1.807) is 0 Å². The Hall–Kier alpha value is -0.610.